The summed E-state index contributed by atoms with van der Waals surface area (Å²) in [6, 6.07) is 0.854. The van der Waals surface area contributed by atoms with Gasteiger partial charge in [-0.15, -0.1) is 0 Å². The highest BCUT2D eigenvalue weighted by Gasteiger charge is 2.25. The summed E-state index contributed by atoms with van der Waals surface area (Å²) in [6.07, 6.45) is 2.81. The van der Waals surface area contributed by atoms with Gasteiger partial charge in [0.2, 0.25) is 5.91 Å². The third-order valence-corrected chi connectivity index (χ3v) is 5.20. The van der Waals surface area contributed by atoms with Gasteiger partial charge in [0.1, 0.15) is 17.7 Å². The maximum atomic E-state index is 14.0. The van der Waals surface area contributed by atoms with Gasteiger partial charge in [-0.3, -0.25) is 9.59 Å². The summed E-state index contributed by atoms with van der Waals surface area (Å²) in [5, 5.41) is 11.4. The lowest BCUT2D eigenvalue weighted by atomic mass is 9.87. The molecule has 3 rings (SSSR count). The lowest BCUT2D eigenvalue weighted by Gasteiger charge is -2.27. The molecule has 0 radical (unpaired) electrons. The molecule has 28 heavy (non-hydrogen) atoms. The number of carbonyl (C=O) groups excluding carboxylic acids is 1. The Labute approximate surface area is 164 Å². The fourth-order valence-corrected chi connectivity index (χ4v) is 3.83. The van der Waals surface area contributed by atoms with Crippen LogP contribution in [0.1, 0.15) is 35.7 Å². The first kappa shape index (κ1) is 20.2. The second kappa shape index (κ2) is 8.19. The molecule has 1 aromatic carbocycles. The molecule has 1 aliphatic rings. The molecule has 0 fully saturated rings. The Morgan fingerprint density at radius 2 is 2.18 bits per heavy atom. The van der Waals surface area contributed by atoms with Gasteiger partial charge in [0.25, 0.3) is 0 Å². The molecule has 0 saturated heterocycles. The van der Waals surface area contributed by atoms with Crippen LogP contribution in [0.3, 0.4) is 0 Å². The smallest absolute Gasteiger partial charge is 0.321 e. The van der Waals surface area contributed by atoms with Crippen LogP contribution in [-0.4, -0.2) is 32.6 Å². The number of rotatable bonds is 6. The van der Waals surface area contributed by atoms with Gasteiger partial charge in [0.15, 0.2) is 4.77 Å². The van der Waals surface area contributed by atoms with Crippen LogP contribution in [0.25, 0.3) is 0 Å². The third-order valence-electron chi connectivity index (χ3n) is 4.88. The molecule has 2 aromatic rings. The van der Waals surface area contributed by atoms with Gasteiger partial charge in [-0.25, -0.2) is 8.78 Å². The molecule has 0 bridgehead atoms. The minimum atomic E-state index is -1.27. The van der Waals surface area contributed by atoms with Crippen molar-refractivity contribution >= 4 is 24.1 Å². The molecule has 1 unspecified atom stereocenters. The summed E-state index contributed by atoms with van der Waals surface area (Å²) in [4.78, 5) is 25.5. The van der Waals surface area contributed by atoms with E-state index < -0.39 is 29.6 Å². The van der Waals surface area contributed by atoms with Crippen LogP contribution in [0.15, 0.2) is 18.3 Å². The van der Waals surface area contributed by atoms with Crippen molar-refractivity contribution in [3.8, 4) is 0 Å². The normalized spacial score (nSPS) is 17.0. The van der Waals surface area contributed by atoms with Crippen LogP contribution < -0.4 is 11.1 Å². The van der Waals surface area contributed by atoms with Gasteiger partial charge in [0.05, 0.1) is 18.7 Å². The predicted molar refractivity (Wildman–Crippen MR) is 99.1 cm³/mol. The van der Waals surface area contributed by atoms with Gasteiger partial charge in [-0.1, -0.05) is 0 Å². The first-order valence-electron chi connectivity index (χ1n) is 8.77. The fourth-order valence-electron chi connectivity index (χ4n) is 3.51. The number of carboxylic acids is 1. The van der Waals surface area contributed by atoms with Gasteiger partial charge in [0, 0.05) is 18.3 Å². The molecule has 5 N–H and O–H groups in total. The van der Waals surface area contributed by atoms with Crippen LogP contribution in [0.2, 0.25) is 0 Å². The number of halogens is 2. The lowest BCUT2D eigenvalue weighted by Crippen LogP contribution is -2.37. The van der Waals surface area contributed by atoms with E-state index in [-0.39, 0.29) is 19.0 Å². The van der Waals surface area contributed by atoms with Crippen molar-refractivity contribution in [2.45, 2.75) is 44.3 Å². The maximum Gasteiger partial charge on any atom is 0.321 e. The van der Waals surface area contributed by atoms with E-state index in [2.05, 4.69) is 10.3 Å². The molecule has 10 heteroatoms. The van der Waals surface area contributed by atoms with Crippen molar-refractivity contribution in [3.63, 3.8) is 0 Å². The Bertz CT molecular complexity index is 972. The second-order valence-electron chi connectivity index (χ2n) is 6.80. The number of aliphatic carboxylic acids is 1. The number of nitrogens with two attached hydrogens (primary N) is 1. The topological polar surface area (TPSA) is 113 Å². The van der Waals surface area contributed by atoms with Crippen molar-refractivity contribution in [2.24, 2.45) is 5.73 Å². The maximum absolute atomic E-state index is 14.0. The summed E-state index contributed by atoms with van der Waals surface area (Å²) >= 11 is 5.34. The number of carbonyl (C=O) groups is 2. The Hall–Kier alpha value is -2.59. The number of aromatic nitrogens is 2. The minimum Gasteiger partial charge on any atom is -0.480 e. The van der Waals surface area contributed by atoms with Crippen molar-refractivity contribution in [3.05, 3.63) is 51.6 Å². The molecule has 1 aliphatic carbocycles. The lowest BCUT2D eigenvalue weighted by molar-refractivity contribution is -0.140. The molecular weight excluding hydrogens is 390 g/mol. The number of amides is 1. The number of H-pyrrole nitrogens is 1. The zero-order valence-electron chi connectivity index (χ0n) is 14.9. The van der Waals surface area contributed by atoms with Gasteiger partial charge >= 0.3 is 5.97 Å². The Morgan fingerprint density at radius 3 is 2.89 bits per heavy atom. The molecule has 1 amide bonds. The van der Waals surface area contributed by atoms with E-state index in [1.165, 1.54) is 6.07 Å². The number of carboxylic acid groups (broad SMARTS) is 1. The monoisotopic (exact) mass is 410 g/mol. The number of aromatic amines is 1. The van der Waals surface area contributed by atoms with E-state index in [0.717, 1.165) is 6.07 Å². The van der Waals surface area contributed by atoms with Crippen molar-refractivity contribution in [1.29, 1.82) is 0 Å². The average molecular weight is 410 g/mol. The highest BCUT2D eigenvalue weighted by atomic mass is 32.1. The molecular formula is C18H20F2N4O3S. The molecule has 1 heterocycles. The molecule has 0 saturated carbocycles. The summed E-state index contributed by atoms with van der Waals surface area (Å²) in [5.74, 6) is -2.89. The number of benzene rings is 1. The zero-order chi connectivity index (χ0) is 20.4. The quantitative estimate of drug-likeness (QED) is 0.544. The first-order valence-corrected chi connectivity index (χ1v) is 9.17. The number of hydrogen-bond donors (Lipinski definition) is 4. The number of hydrogen-bond acceptors (Lipinski definition) is 4. The number of nitrogens with zero attached hydrogens (tertiary/aromatic N) is 1. The van der Waals surface area contributed by atoms with Crippen molar-refractivity contribution in [2.75, 3.05) is 0 Å². The summed E-state index contributed by atoms with van der Waals surface area (Å²) in [6.45, 7) is 0.124. The highest BCUT2D eigenvalue weighted by molar-refractivity contribution is 7.71. The Morgan fingerprint density at radius 1 is 1.43 bits per heavy atom. The predicted octanol–water partition coefficient (Wildman–Crippen LogP) is 1.97. The van der Waals surface area contributed by atoms with Gasteiger partial charge in [-0.05, 0) is 48.7 Å². The minimum absolute atomic E-state index is 0.111. The Balaban J connectivity index is 1.74. The third kappa shape index (κ3) is 4.28. The number of nitrogens with one attached hydrogen (secondary N) is 2. The first-order chi connectivity index (χ1) is 13.3. The fraction of sp³-hybridized carbons (Fsp3) is 0.389. The molecule has 1 aromatic heterocycles. The average Bonchev–Trinajstić information content (AvgIpc) is 2.99. The second-order valence-corrected chi connectivity index (χ2v) is 7.19. The Kier molecular flexibility index (Phi) is 5.90. The van der Waals surface area contributed by atoms with Crippen LogP contribution in [0.5, 0.6) is 0 Å². The van der Waals surface area contributed by atoms with Crippen LogP contribution in [0, 0.1) is 16.4 Å². The van der Waals surface area contributed by atoms with E-state index >= 15 is 0 Å². The summed E-state index contributed by atoms with van der Waals surface area (Å²) in [5.41, 5.74) is 7.18. The SMILES string of the molecule is N[C@@H](CC(=O)NCc1c[nH]c(=S)n1C1CCc2c(F)cc(F)cc2C1)C(=O)O. The van der Waals surface area contributed by atoms with E-state index in [9.17, 15) is 18.4 Å². The molecule has 150 valence electrons. The van der Waals surface area contributed by atoms with E-state index in [4.69, 9.17) is 23.1 Å². The summed E-state index contributed by atoms with van der Waals surface area (Å²) < 4.78 is 29.8. The zero-order valence-corrected chi connectivity index (χ0v) is 15.7. The molecule has 2 atom stereocenters. The van der Waals surface area contributed by atoms with E-state index in [0.29, 0.717) is 40.9 Å². The van der Waals surface area contributed by atoms with Gasteiger partial charge in [-0.2, -0.15) is 0 Å². The standard InChI is InChI=1S/C18H20F2N4O3S/c19-10-3-9-4-11(1-2-13(9)14(20)5-10)24-12(8-23-18(24)28)7-22-16(25)6-15(21)17(26)27/h3,5,8,11,15H,1-2,4,6-7,21H2,(H,22,25)(H,23,28)(H,26,27)/t11?,15-/m0/s1. The number of fused-ring (bicyclic) bond motifs is 1. The van der Waals surface area contributed by atoms with Crippen LogP contribution >= 0.6 is 12.2 Å². The van der Waals surface area contributed by atoms with E-state index in [1.807, 2.05) is 4.57 Å². The van der Waals surface area contributed by atoms with Crippen molar-refractivity contribution < 1.29 is 23.5 Å². The highest BCUT2D eigenvalue weighted by Crippen LogP contribution is 2.32. The van der Waals surface area contributed by atoms with Gasteiger partial charge < -0.3 is 25.7 Å². The van der Waals surface area contributed by atoms with E-state index in [1.54, 1.807) is 6.20 Å². The largest absolute Gasteiger partial charge is 0.480 e. The van der Waals surface area contributed by atoms with Crippen LogP contribution in [-0.2, 0) is 29.0 Å². The molecule has 0 aliphatic heterocycles. The molecule has 7 nitrogen and oxygen atoms in total. The number of imidazole rings is 1. The summed E-state index contributed by atoms with van der Waals surface area (Å²) in [7, 11) is 0. The van der Waals surface area contributed by atoms with Crippen molar-refractivity contribution in [1.82, 2.24) is 14.9 Å². The molecule has 0 spiro atoms. The van der Waals surface area contributed by atoms with Crippen LogP contribution in [0.4, 0.5) is 8.78 Å².